The Labute approximate surface area is 133 Å². The topological polar surface area (TPSA) is 73.6 Å². The summed E-state index contributed by atoms with van der Waals surface area (Å²) in [5.41, 5.74) is 6.25. The van der Waals surface area contributed by atoms with Crippen LogP contribution in [-0.2, 0) is 4.74 Å². The fourth-order valence-corrected chi connectivity index (χ4v) is 1.76. The molecule has 1 amide bonds. The van der Waals surface area contributed by atoms with Crippen molar-refractivity contribution in [3.8, 4) is 5.75 Å². The highest BCUT2D eigenvalue weighted by Gasteiger charge is 2.17. The van der Waals surface area contributed by atoms with Gasteiger partial charge in [-0.3, -0.25) is 0 Å². The first-order valence-electron chi connectivity index (χ1n) is 7.48. The van der Waals surface area contributed by atoms with E-state index in [9.17, 15) is 4.79 Å². The zero-order valence-corrected chi connectivity index (χ0v) is 14.4. The predicted octanol–water partition coefficient (Wildman–Crippen LogP) is 3.39. The van der Waals surface area contributed by atoms with Gasteiger partial charge < -0.3 is 20.5 Å². The number of ether oxygens (including phenoxy) is 2. The monoisotopic (exact) mass is 308 g/mol. The minimum absolute atomic E-state index is 0.234. The number of carbonyl (C=O) groups is 1. The molecule has 1 unspecified atom stereocenters. The number of nitrogens with two attached hydrogens (primary N) is 1. The molecular formula is C17H28N2O3. The van der Waals surface area contributed by atoms with Gasteiger partial charge in [0, 0.05) is 12.6 Å². The lowest BCUT2D eigenvalue weighted by Gasteiger charge is -2.22. The Balaban J connectivity index is 2.52. The van der Waals surface area contributed by atoms with Crippen LogP contribution in [0.1, 0.15) is 53.1 Å². The molecule has 3 N–H and O–H groups in total. The summed E-state index contributed by atoms with van der Waals surface area (Å²) in [7, 11) is 0. The van der Waals surface area contributed by atoms with Gasteiger partial charge in [0.2, 0.25) is 0 Å². The third-order valence-corrected chi connectivity index (χ3v) is 2.60. The van der Waals surface area contributed by atoms with Crippen LogP contribution in [0.2, 0.25) is 0 Å². The maximum atomic E-state index is 11.6. The van der Waals surface area contributed by atoms with Crippen LogP contribution in [0.15, 0.2) is 24.3 Å². The van der Waals surface area contributed by atoms with E-state index in [0.29, 0.717) is 6.54 Å². The smallest absolute Gasteiger partial charge is 0.407 e. The summed E-state index contributed by atoms with van der Waals surface area (Å²) in [6.45, 7) is 11.8. The first kappa shape index (κ1) is 18.3. The first-order valence-corrected chi connectivity index (χ1v) is 7.48. The number of hydrogen-bond acceptors (Lipinski definition) is 4. The Morgan fingerprint density at radius 2 is 1.64 bits per heavy atom. The van der Waals surface area contributed by atoms with E-state index in [4.69, 9.17) is 15.2 Å². The first-order chi connectivity index (χ1) is 9.96. The van der Waals surface area contributed by atoms with Crippen molar-refractivity contribution in [3.05, 3.63) is 29.8 Å². The van der Waals surface area contributed by atoms with Gasteiger partial charge in [0.25, 0.3) is 0 Å². The zero-order valence-electron chi connectivity index (χ0n) is 14.4. The molecule has 0 fully saturated rings. The highest BCUT2D eigenvalue weighted by molar-refractivity contribution is 5.67. The van der Waals surface area contributed by atoms with Crippen LogP contribution in [0.3, 0.4) is 0 Å². The lowest BCUT2D eigenvalue weighted by molar-refractivity contribution is 0.0524. The van der Waals surface area contributed by atoms with Crippen molar-refractivity contribution in [2.45, 2.75) is 58.8 Å². The van der Waals surface area contributed by atoms with Crippen molar-refractivity contribution < 1.29 is 14.3 Å². The third kappa shape index (κ3) is 7.31. The Morgan fingerprint density at radius 3 is 2.09 bits per heavy atom. The third-order valence-electron chi connectivity index (χ3n) is 2.60. The molecule has 22 heavy (non-hydrogen) atoms. The molecule has 0 aliphatic rings. The molecule has 0 saturated carbocycles. The molecule has 0 spiro atoms. The second-order valence-corrected chi connectivity index (χ2v) is 7.27. The van der Waals surface area contributed by atoms with Gasteiger partial charge in [0.15, 0.2) is 0 Å². The molecule has 1 atom stereocenters. The maximum absolute atomic E-state index is 11.6. The van der Waals surface area contributed by atoms with E-state index < -0.39 is 11.7 Å². The lowest BCUT2D eigenvalue weighted by Crippen LogP contribution is -2.36. The molecule has 1 aromatic rings. The summed E-state index contributed by atoms with van der Waals surface area (Å²) in [4.78, 5) is 11.6. The van der Waals surface area contributed by atoms with Crippen molar-refractivity contribution in [3.63, 3.8) is 0 Å². The molecular weight excluding hydrogens is 280 g/mol. The predicted molar refractivity (Wildman–Crippen MR) is 88.0 cm³/mol. The van der Waals surface area contributed by atoms with Gasteiger partial charge in [0.1, 0.15) is 17.0 Å². The largest absolute Gasteiger partial charge is 0.488 e. The minimum atomic E-state index is -0.514. The van der Waals surface area contributed by atoms with Gasteiger partial charge in [-0.25, -0.2) is 4.79 Å². The summed E-state index contributed by atoms with van der Waals surface area (Å²) in [6, 6.07) is 7.28. The lowest BCUT2D eigenvalue weighted by atomic mass is 10.1. The molecule has 1 rings (SSSR count). The number of nitrogens with one attached hydrogen (secondary N) is 1. The number of benzene rings is 1. The molecule has 1 aromatic carbocycles. The molecule has 5 heteroatoms. The normalized spacial score (nSPS) is 13.4. The van der Waals surface area contributed by atoms with Crippen LogP contribution in [0.25, 0.3) is 0 Å². The standard InChI is InChI=1S/C17H28N2O3/c1-16(2,3)21-13-9-7-12(8-10-13)14(18)11-19-15(20)22-17(4,5)6/h7-10,14H,11,18H2,1-6H3,(H,19,20). The van der Waals surface area contributed by atoms with Gasteiger partial charge in [-0.1, -0.05) is 12.1 Å². The molecule has 0 aliphatic heterocycles. The molecule has 0 aliphatic carbocycles. The van der Waals surface area contributed by atoms with Crippen LogP contribution in [0, 0.1) is 0 Å². The molecule has 0 radical (unpaired) electrons. The molecule has 0 heterocycles. The minimum Gasteiger partial charge on any atom is -0.488 e. The van der Waals surface area contributed by atoms with E-state index in [-0.39, 0.29) is 11.6 Å². The fourth-order valence-electron chi connectivity index (χ4n) is 1.76. The van der Waals surface area contributed by atoms with Crippen molar-refractivity contribution in [2.24, 2.45) is 5.73 Å². The summed E-state index contributed by atoms with van der Waals surface area (Å²) < 4.78 is 10.9. The van der Waals surface area contributed by atoms with E-state index in [2.05, 4.69) is 5.32 Å². The Hall–Kier alpha value is -1.75. The highest BCUT2D eigenvalue weighted by atomic mass is 16.6. The van der Waals surface area contributed by atoms with Crippen LogP contribution in [0.4, 0.5) is 4.79 Å². The number of hydrogen-bond donors (Lipinski definition) is 2. The summed E-state index contributed by atoms with van der Waals surface area (Å²) in [5.74, 6) is 0.795. The van der Waals surface area contributed by atoms with Gasteiger partial charge in [-0.05, 0) is 59.2 Å². The van der Waals surface area contributed by atoms with Crippen LogP contribution in [-0.4, -0.2) is 23.8 Å². The van der Waals surface area contributed by atoms with Crippen LogP contribution >= 0.6 is 0 Å². The number of rotatable bonds is 4. The second kappa shape index (κ2) is 7.01. The van der Waals surface area contributed by atoms with E-state index in [1.807, 2.05) is 65.8 Å². The highest BCUT2D eigenvalue weighted by Crippen LogP contribution is 2.20. The van der Waals surface area contributed by atoms with Gasteiger partial charge in [0.05, 0.1) is 0 Å². The zero-order chi connectivity index (χ0) is 17.0. The second-order valence-electron chi connectivity index (χ2n) is 7.27. The molecule has 5 nitrogen and oxygen atoms in total. The molecule has 0 bridgehead atoms. The molecule has 124 valence electrons. The Bertz CT molecular complexity index is 484. The number of amides is 1. The average Bonchev–Trinajstić information content (AvgIpc) is 2.33. The quantitative estimate of drug-likeness (QED) is 0.894. The van der Waals surface area contributed by atoms with Gasteiger partial charge >= 0.3 is 6.09 Å². The van der Waals surface area contributed by atoms with E-state index in [1.54, 1.807) is 0 Å². The van der Waals surface area contributed by atoms with Gasteiger partial charge in [-0.15, -0.1) is 0 Å². The summed E-state index contributed by atoms with van der Waals surface area (Å²) in [5, 5.41) is 2.67. The van der Waals surface area contributed by atoms with E-state index in [1.165, 1.54) is 0 Å². The van der Waals surface area contributed by atoms with Crippen molar-refractivity contribution in [2.75, 3.05) is 6.54 Å². The van der Waals surface area contributed by atoms with Crippen LogP contribution in [0.5, 0.6) is 5.75 Å². The fraction of sp³-hybridized carbons (Fsp3) is 0.588. The molecule has 0 saturated heterocycles. The van der Waals surface area contributed by atoms with E-state index >= 15 is 0 Å². The van der Waals surface area contributed by atoms with Crippen molar-refractivity contribution in [1.29, 1.82) is 0 Å². The van der Waals surface area contributed by atoms with Crippen molar-refractivity contribution >= 4 is 6.09 Å². The number of alkyl carbamates (subject to hydrolysis) is 1. The Kier molecular flexibility index (Phi) is 5.83. The number of carbonyl (C=O) groups excluding carboxylic acids is 1. The average molecular weight is 308 g/mol. The van der Waals surface area contributed by atoms with E-state index in [0.717, 1.165) is 11.3 Å². The summed E-state index contributed by atoms with van der Waals surface area (Å²) in [6.07, 6.45) is -0.462. The summed E-state index contributed by atoms with van der Waals surface area (Å²) >= 11 is 0. The maximum Gasteiger partial charge on any atom is 0.407 e. The van der Waals surface area contributed by atoms with Crippen molar-refractivity contribution in [1.82, 2.24) is 5.32 Å². The van der Waals surface area contributed by atoms with Gasteiger partial charge in [-0.2, -0.15) is 0 Å². The molecule has 0 aromatic heterocycles. The SMILES string of the molecule is CC(C)(C)OC(=O)NCC(N)c1ccc(OC(C)(C)C)cc1. The Morgan fingerprint density at radius 1 is 1.09 bits per heavy atom. The van der Waals surface area contributed by atoms with Crippen LogP contribution < -0.4 is 15.8 Å².